The molecule has 47 heavy (non-hydrogen) atoms. The van der Waals surface area contributed by atoms with Crippen LogP contribution in [0.3, 0.4) is 0 Å². The summed E-state index contributed by atoms with van der Waals surface area (Å²) >= 11 is 0. The maximum Gasteiger partial charge on any atom is 0.694 e. The predicted molar refractivity (Wildman–Crippen MR) is 149 cm³/mol. The molecule has 3 unspecified atom stereocenters. The number of imidazole rings is 2. The number of hydrogen-bond donors (Lipinski definition) is 9. The molecule has 4 aromatic rings. The molecule has 26 heteroatoms. The first-order chi connectivity index (χ1) is 22.3. The number of aromatic nitrogens is 8. The number of ether oxygens (including phenoxy) is 2. The van der Waals surface area contributed by atoms with E-state index in [2.05, 4.69) is 34.4 Å². The van der Waals surface area contributed by atoms with Gasteiger partial charge in [-0.1, -0.05) is 0 Å². The molecular weight excluding hydrogens is 678 g/mol. The minimum atomic E-state index is -5.19. The van der Waals surface area contributed by atoms with Crippen LogP contribution in [0.4, 0.5) is 5.95 Å². The van der Waals surface area contributed by atoms with Gasteiger partial charge in [-0.2, -0.15) is 4.98 Å². The number of anilines is 1. The number of nitrogens with zero attached hydrogens (tertiary/aromatic N) is 7. The van der Waals surface area contributed by atoms with Crippen LogP contribution in [0.2, 0.25) is 0 Å². The zero-order valence-corrected chi connectivity index (χ0v) is 25.3. The summed E-state index contributed by atoms with van der Waals surface area (Å²) in [6.45, 7) is -1.49. The number of aliphatic hydroxyl groups excluding tert-OH is 4. The number of phosphoric acid groups is 1. The molecule has 0 aromatic carbocycles. The number of nitrogen functional groups attached to an aromatic ring is 1. The largest absolute Gasteiger partial charge is 0.694 e. The van der Waals surface area contributed by atoms with Crippen molar-refractivity contribution in [2.75, 3.05) is 18.9 Å². The smallest absolute Gasteiger partial charge is 0.387 e. The molecule has 2 aliphatic rings. The monoisotopic (exact) mass is 705 g/mol. The zero-order valence-electron chi connectivity index (χ0n) is 23.5. The Hall–Kier alpha value is -3.45. The third-order valence-electron chi connectivity index (χ3n) is 7.32. The molecule has 0 bridgehead atoms. The van der Waals surface area contributed by atoms with Crippen molar-refractivity contribution in [2.24, 2.45) is 5.73 Å². The summed E-state index contributed by atoms with van der Waals surface area (Å²) < 4.78 is 52.9. The van der Waals surface area contributed by atoms with Crippen molar-refractivity contribution >= 4 is 44.4 Å². The lowest BCUT2D eigenvalue weighted by molar-refractivity contribution is -0.0609. The predicted octanol–water partition coefficient (Wildman–Crippen LogP) is -3.46. The molecule has 2 aliphatic heterocycles. The number of aromatic amines is 1. The SMILES string of the molecule is Nc1nc2c(ncn2[C@@H]2O[C@H](CO[P+](=O)O)[C@@H](O)[C@H]2OP(=O)(O)OC[C@H]2O[C@@H](n3cnc4c(C(N)O)ncnc43)[C@H](O)[C@@H]2O)c(=O)[nH]1. The molecule has 0 saturated carbocycles. The van der Waals surface area contributed by atoms with E-state index in [1.165, 1.54) is 10.9 Å². The molecule has 2 saturated heterocycles. The normalized spacial score (nSPS) is 30.2. The Morgan fingerprint density at radius 1 is 1.00 bits per heavy atom. The molecule has 0 radical (unpaired) electrons. The average Bonchev–Trinajstić information content (AvgIpc) is 3.76. The molecule has 0 spiro atoms. The van der Waals surface area contributed by atoms with E-state index in [-0.39, 0.29) is 34.0 Å². The topological polar surface area (TPSA) is 361 Å². The van der Waals surface area contributed by atoms with Gasteiger partial charge < -0.3 is 46.3 Å². The Bertz CT molecular complexity index is 1900. The molecule has 6 rings (SSSR count). The molecule has 0 amide bonds. The van der Waals surface area contributed by atoms with Gasteiger partial charge in [0.2, 0.25) is 5.95 Å². The van der Waals surface area contributed by atoms with Gasteiger partial charge in [0.15, 0.2) is 29.3 Å². The molecule has 254 valence electrons. The van der Waals surface area contributed by atoms with Crippen molar-refractivity contribution in [1.29, 1.82) is 0 Å². The number of rotatable bonds is 11. The first-order valence-electron chi connectivity index (χ1n) is 13.4. The average molecular weight is 705 g/mol. The summed E-state index contributed by atoms with van der Waals surface area (Å²) in [4.78, 5) is 54.1. The molecule has 4 aromatic heterocycles. The van der Waals surface area contributed by atoms with E-state index < -0.39 is 90.2 Å². The molecule has 0 aliphatic carbocycles. The van der Waals surface area contributed by atoms with Gasteiger partial charge in [0.25, 0.3) is 5.56 Å². The molecular formula is C21H27N10O14P2+. The summed E-state index contributed by atoms with van der Waals surface area (Å²) in [5.41, 5.74) is 10.2. The Morgan fingerprint density at radius 3 is 2.36 bits per heavy atom. The highest BCUT2D eigenvalue weighted by molar-refractivity contribution is 7.47. The third-order valence-corrected chi connectivity index (χ3v) is 8.68. The first-order valence-corrected chi connectivity index (χ1v) is 16.0. The van der Waals surface area contributed by atoms with Crippen LogP contribution in [0.15, 0.2) is 23.8 Å². The van der Waals surface area contributed by atoms with Gasteiger partial charge in [0.1, 0.15) is 67.0 Å². The number of nitrogens with two attached hydrogens (primary N) is 2. The van der Waals surface area contributed by atoms with Crippen LogP contribution in [-0.4, -0.2) is 119 Å². The van der Waals surface area contributed by atoms with E-state index in [0.717, 1.165) is 17.2 Å². The van der Waals surface area contributed by atoms with E-state index in [9.17, 15) is 39.2 Å². The van der Waals surface area contributed by atoms with Crippen LogP contribution in [0.5, 0.6) is 0 Å². The highest BCUT2D eigenvalue weighted by Gasteiger charge is 2.51. The number of hydrogen-bond acceptors (Lipinski definition) is 19. The highest BCUT2D eigenvalue weighted by Crippen LogP contribution is 2.50. The van der Waals surface area contributed by atoms with E-state index >= 15 is 0 Å². The van der Waals surface area contributed by atoms with Crippen molar-refractivity contribution in [1.82, 2.24) is 39.0 Å². The van der Waals surface area contributed by atoms with E-state index in [0.29, 0.717) is 0 Å². The number of phosphoric ester groups is 1. The van der Waals surface area contributed by atoms with Gasteiger partial charge >= 0.3 is 16.1 Å². The fraction of sp³-hybridized carbons (Fsp3) is 0.524. The number of fused-ring (bicyclic) bond motifs is 2. The maximum atomic E-state index is 13.1. The second kappa shape index (κ2) is 12.9. The number of aliphatic hydroxyl groups is 4. The molecule has 11 N–H and O–H groups in total. The standard InChI is InChI=1S/C21H26N10O14P2/c22-15(35)8-9-16(25-3-24-8)30(4-26-9)19-13(34)11(32)7(43-19)2-42-47(39,40)45-14-12(33)6(1-41-46(37)38)44-20(14)31-5-27-10-17(31)28-21(23)29-18(10)36/h3-7,11-15,19-20,32-35H,1-2,22H2,(H4-,23,28,29,36,37,38,39,40)/p+1/t6-,7-,11-,12-,13-,14-,15?,19-,20-/m1/s1. The summed E-state index contributed by atoms with van der Waals surface area (Å²) in [6, 6.07) is 0. The Kier molecular flexibility index (Phi) is 9.16. The van der Waals surface area contributed by atoms with Crippen LogP contribution in [0, 0.1) is 0 Å². The van der Waals surface area contributed by atoms with Gasteiger partial charge in [-0.05, 0) is 0 Å². The molecule has 24 nitrogen and oxygen atoms in total. The lowest BCUT2D eigenvalue weighted by atomic mass is 10.1. The van der Waals surface area contributed by atoms with Gasteiger partial charge in [-0.15, -0.1) is 9.42 Å². The van der Waals surface area contributed by atoms with Gasteiger partial charge in [-0.25, -0.2) is 24.5 Å². The van der Waals surface area contributed by atoms with Crippen LogP contribution in [-0.2, 0) is 32.2 Å². The van der Waals surface area contributed by atoms with Crippen LogP contribution in [0.25, 0.3) is 22.3 Å². The Balaban J connectivity index is 1.20. The van der Waals surface area contributed by atoms with Gasteiger partial charge in [0, 0.05) is 4.57 Å². The van der Waals surface area contributed by atoms with E-state index in [1.54, 1.807) is 0 Å². The lowest BCUT2D eigenvalue weighted by Crippen LogP contribution is -2.36. The van der Waals surface area contributed by atoms with Crippen LogP contribution < -0.4 is 17.0 Å². The lowest BCUT2D eigenvalue weighted by Gasteiger charge is -2.24. The van der Waals surface area contributed by atoms with E-state index in [4.69, 9.17) is 34.9 Å². The summed E-state index contributed by atoms with van der Waals surface area (Å²) in [7, 11) is -8.30. The minimum absolute atomic E-state index is 0.00913. The fourth-order valence-electron chi connectivity index (χ4n) is 5.18. The number of H-pyrrole nitrogens is 1. The van der Waals surface area contributed by atoms with Gasteiger partial charge in [0.05, 0.1) is 19.3 Å². The third kappa shape index (κ3) is 6.40. The van der Waals surface area contributed by atoms with Crippen molar-refractivity contribution in [3.8, 4) is 0 Å². The summed E-state index contributed by atoms with van der Waals surface area (Å²) in [6.07, 6.45) is -10.7. The maximum absolute atomic E-state index is 13.1. The van der Waals surface area contributed by atoms with Crippen molar-refractivity contribution in [3.05, 3.63) is 35.0 Å². The Labute approximate surface area is 261 Å². The van der Waals surface area contributed by atoms with Crippen molar-refractivity contribution in [3.63, 3.8) is 0 Å². The summed E-state index contributed by atoms with van der Waals surface area (Å²) in [5, 5.41) is 42.0. The summed E-state index contributed by atoms with van der Waals surface area (Å²) in [5.74, 6) is -0.308. The van der Waals surface area contributed by atoms with Crippen molar-refractivity contribution in [2.45, 2.75) is 55.3 Å². The highest BCUT2D eigenvalue weighted by atomic mass is 31.2. The zero-order chi connectivity index (χ0) is 33.8. The van der Waals surface area contributed by atoms with Crippen LogP contribution in [0.1, 0.15) is 24.4 Å². The van der Waals surface area contributed by atoms with Crippen molar-refractivity contribution < 1.29 is 62.4 Å². The molecule has 6 heterocycles. The molecule has 2 fully saturated rings. The first kappa shape index (κ1) is 33.5. The van der Waals surface area contributed by atoms with E-state index in [1.807, 2.05) is 0 Å². The molecule has 11 atom stereocenters. The second-order valence-electron chi connectivity index (χ2n) is 10.3. The van der Waals surface area contributed by atoms with Gasteiger partial charge in [-0.3, -0.25) is 28.0 Å². The Morgan fingerprint density at radius 2 is 1.66 bits per heavy atom. The number of nitrogens with one attached hydrogen (secondary N) is 1. The second-order valence-corrected chi connectivity index (χ2v) is 12.4. The van der Waals surface area contributed by atoms with Crippen LogP contribution >= 0.6 is 16.1 Å². The minimum Gasteiger partial charge on any atom is -0.387 e. The quantitative estimate of drug-likeness (QED) is 0.0540. The fourth-order valence-corrected chi connectivity index (χ4v) is 6.39.